The van der Waals surface area contributed by atoms with Crippen LogP contribution >= 0.6 is 0 Å². The fourth-order valence-electron chi connectivity index (χ4n) is 2.92. The van der Waals surface area contributed by atoms with Gasteiger partial charge in [-0.25, -0.2) is 0 Å². The third-order valence-corrected chi connectivity index (χ3v) is 3.90. The Hall–Kier alpha value is -1.22. The Morgan fingerprint density at radius 1 is 1.22 bits per heavy atom. The van der Waals surface area contributed by atoms with E-state index in [4.69, 9.17) is 10.5 Å². The molecule has 0 spiro atoms. The molecule has 0 aromatic heterocycles. The predicted molar refractivity (Wildman–Crippen MR) is 76.3 cm³/mol. The second-order valence-corrected chi connectivity index (χ2v) is 5.45. The first-order chi connectivity index (χ1) is 8.64. The minimum atomic E-state index is -0.0339. The number of rotatable bonds is 4. The molecule has 0 bridgehead atoms. The molecule has 0 saturated heterocycles. The number of benzene rings is 1. The van der Waals surface area contributed by atoms with Crippen LogP contribution in [-0.2, 0) is 0 Å². The first-order valence-corrected chi connectivity index (χ1v) is 6.78. The summed E-state index contributed by atoms with van der Waals surface area (Å²) < 4.78 is 5.41. The predicted octanol–water partition coefficient (Wildman–Crippen LogP) is 2.79. The number of para-hydroxylation sites is 2. The highest BCUT2D eigenvalue weighted by molar-refractivity contribution is 5.58. The van der Waals surface area contributed by atoms with E-state index in [2.05, 4.69) is 18.0 Å². The molecule has 0 atom stereocenters. The number of likely N-dealkylation sites (N-methyl/N-ethyl adjacent to an activating group) is 1. The number of ether oxygens (including phenoxy) is 1. The van der Waals surface area contributed by atoms with Gasteiger partial charge in [0.1, 0.15) is 5.75 Å². The minimum Gasteiger partial charge on any atom is -0.495 e. The van der Waals surface area contributed by atoms with Gasteiger partial charge in [0.25, 0.3) is 0 Å². The van der Waals surface area contributed by atoms with Crippen molar-refractivity contribution >= 4 is 5.69 Å². The van der Waals surface area contributed by atoms with E-state index in [1.54, 1.807) is 7.11 Å². The van der Waals surface area contributed by atoms with Crippen LogP contribution in [0.15, 0.2) is 24.3 Å². The maximum atomic E-state index is 6.51. The monoisotopic (exact) mass is 248 g/mol. The van der Waals surface area contributed by atoms with Gasteiger partial charge in [-0.1, -0.05) is 31.4 Å². The zero-order valence-corrected chi connectivity index (χ0v) is 11.5. The SMILES string of the molecule is COc1ccccc1N(C)CC1(N)CCCCC1. The van der Waals surface area contributed by atoms with Gasteiger partial charge in [-0.2, -0.15) is 0 Å². The fraction of sp³-hybridized carbons (Fsp3) is 0.600. The average Bonchev–Trinajstić information content (AvgIpc) is 2.39. The van der Waals surface area contributed by atoms with Crippen LogP contribution in [0.25, 0.3) is 0 Å². The van der Waals surface area contributed by atoms with Gasteiger partial charge in [0.2, 0.25) is 0 Å². The molecule has 3 nitrogen and oxygen atoms in total. The van der Waals surface area contributed by atoms with Gasteiger partial charge in [0.15, 0.2) is 0 Å². The number of hydrogen-bond acceptors (Lipinski definition) is 3. The van der Waals surface area contributed by atoms with E-state index in [9.17, 15) is 0 Å². The third kappa shape index (κ3) is 2.96. The molecule has 1 aromatic rings. The summed E-state index contributed by atoms with van der Waals surface area (Å²) in [7, 11) is 3.81. The molecule has 2 N–H and O–H groups in total. The van der Waals surface area contributed by atoms with Crippen LogP contribution < -0.4 is 15.4 Å². The van der Waals surface area contributed by atoms with Crippen LogP contribution in [0, 0.1) is 0 Å². The number of methoxy groups -OCH3 is 1. The highest BCUT2D eigenvalue weighted by atomic mass is 16.5. The lowest BCUT2D eigenvalue weighted by Gasteiger charge is -2.37. The Labute approximate surface area is 110 Å². The van der Waals surface area contributed by atoms with Crippen molar-refractivity contribution in [3.8, 4) is 5.75 Å². The van der Waals surface area contributed by atoms with E-state index >= 15 is 0 Å². The molecule has 0 aliphatic heterocycles. The molecule has 1 fully saturated rings. The number of hydrogen-bond donors (Lipinski definition) is 1. The summed E-state index contributed by atoms with van der Waals surface area (Å²) in [5.74, 6) is 0.916. The lowest BCUT2D eigenvalue weighted by Crippen LogP contribution is -2.50. The summed E-state index contributed by atoms with van der Waals surface area (Å²) in [6.07, 6.45) is 6.11. The van der Waals surface area contributed by atoms with Gasteiger partial charge in [-0.15, -0.1) is 0 Å². The Morgan fingerprint density at radius 3 is 2.56 bits per heavy atom. The first kappa shape index (κ1) is 13.2. The van der Waals surface area contributed by atoms with E-state index in [1.807, 2.05) is 18.2 Å². The zero-order valence-electron chi connectivity index (χ0n) is 11.5. The summed E-state index contributed by atoms with van der Waals surface area (Å²) in [5, 5.41) is 0. The minimum absolute atomic E-state index is 0.0339. The normalized spacial score (nSPS) is 18.4. The fourth-order valence-corrected chi connectivity index (χ4v) is 2.92. The van der Waals surface area contributed by atoms with Gasteiger partial charge in [-0.05, 0) is 25.0 Å². The van der Waals surface area contributed by atoms with Crippen LogP contribution in [0.5, 0.6) is 5.75 Å². The molecule has 1 aromatic carbocycles. The van der Waals surface area contributed by atoms with Crippen LogP contribution in [-0.4, -0.2) is 26.2 Å². The topological polar surface area (TPSA) is 38.5 Å². The van der Waals surface area contributed by atoms with Crippen molar-refractivity contribution in [3.63, 3.8) is 0 Å². The van der Waals surface area contributed by atoms with Crippen molar-refractivity contribution in [2.45, 2.75) is 37.6 Å². The molecule has 1 saturated carbocycles. The van der Waals surface area contributed by atoms with Crippen LogP contribution in [0.2, 0.25) is 0 Å². The zero-order chi connectivity index (χ0) is 13.0. The molecule has 1 aliphatic carbocycles. The number of nitrogens with zero attached hydrogens (tertiary/aromatic N) is 1. The van der Waals surface area contributed by atoms with Crippen molar-refractivity contribution in [3.05, 3.63) is 24.3 Å². The third-order valence-electron chi connectivity index (χ3n) is 3.90. The van der Waals surface area contributed by atoms with Crippen LogP contribution in [0.1, 0.15) is 32.1 Å². The maximum Gasteiger partial charge on any atom is 0.142 e. The smallest absolute Gasteiger partial charge is 0.142 e. The number of nitrogens with two attached hydrogens (primary N) is 1. The Bertz CT molecular complexity index is 386. The summed E-state index contributed by atoms with van der Waals surface area (Å²) >= 11 is 0. The van der Waals surface area contributed by atoms with E-state index in [1.165, 1.54) is 19.3 Å². The van der Waals surface area contributed by atoms with E-state index in [0.29, 0.717) is 0 Å². The first-order valence-electron chi connectivity index (χ1n) is 6.78. The second-order valence-electron chi connectivity index (χ2n) is 5.45. The van der Waals surface area contributed by atoms with Gasteiger partial charge < -0.3 is 15.4 Å². The van der Waals surface area contributed by atoms with Crippen molar-refractivity contribution in [2.75, 3.05) is 25.6 Å². The standard InChI is InChI=1S/C15H24N2O/c1-17(12-15(16)10-6-3-7-11-15)13-8-4-5-9-14(13)18-2/h4-5,8-9H,3,6-7,10-12,16H2,1-2H3. The molecular formula is C15H24N2O. The highest BCUT2D eigenvalue weighted by Gasteiger charge is 2.29. The molecule has 1 aliphatic rings. The van der Waals surface area contributed by atoms with Crippen LogP contribution in [0.3, 0.4) is 0 Å². The van der Waals surface area contributed by atoms with Crippen molar-refractivity contribution < 1.29 is 4.74 Å². The quantitative estimate of drug-likeness (QED) is 0.890. The average molecular weight is 248 g/mol. The molecule has 0 radical (unpaired) electrons. The summed E-state index contributed by atoms with van der Waals surface area (Å²) in [6.45, 7) is 0.896. The van der Waals surface area contributed by atoms with Gasteiger partial charge in [0, 0.05) is 19.1 Å². The number of anilines is 1. The van der Waals surface area contributed by atoms with Crippen molar-refractivity contribution in [2.24, 2.45) is 5.73 Å². The molecular weight excluding hydrogens is 224 g/mol. The molecule has 0 heterocycles. The summed E-state index contributed by atoms with van der Waals surface area (Å²) in [6, 6.07) is 8.12. The molecule has 2 rings (SSSR count). The lowest BCUT2D eigenvalue weighted by atomic mass is 9.82. The second kappa shape index (κ2) is 5.61. The van der Waals surface area contributed by atoms with Gasteiger partial charge in [-0.3, -0.25) is 0 Å². The van der Waals surface area contributed by atoms with Gasteiger partial charge in [0.05, 0.1) is 12.8 Å². The Kier molecular flexibility index (Phi) is 4.12. The Morgan fingerprint density at radius 2 is 1.89 bits per heavy atom. The van der Waals surface area contributed by atoms with Crippen molar-refractivity contribution in [1.29, 1.82) is 0 Å². The van der Waals surface area contributed by atoms with Crippen LogP contribution in [0.4, 0.5) is 5.69 Å². The van der Waals surface area contributed by atoms with Gasteiger partial charge >= 0.3 is 0 Å². The maximum absolute atomic E-state index is 6.51. The molecule has 3 heteroatoms. The summed E-state index contributed by atoms with van der Waals surface area (Å²) in [5.41, 5.74) is 7.59. The largest absolute Gasteiger partial charge is 0.495 e. The molecule has 18 heavy (non-hydrogen) atoms. The molecule has 0 amide bonds. The van der Waals surface area contributed by atoms with Crippen molar-refractivity contribution in [1.82, 2.24) is 0 Å². The van der Waals surface area contributed by atoms with E-state index in [0.717, 1.165) is 30.8 Å². The molecule has 100 valence electrons. The van der Waals surface area contributed by atoms with E-state index in [-0.39, 0.29) is 5.54 Å². The summed E-state index contributed by atoms with van der Waals surface area (Å²) in [4.78, 5) is 2.23. The Balaban J connectivity index is 2.08. The van der Waals surface area contributed by atoms with E-state index < -0.39 is 0 Å². The highest BCUT2D eigenvalue weighted by Crippen LogP contribution is 2.31. The molecule has 0 unspecified atom stereocenters. The lowest BCUT2D eigenvalue weighted by molar-refractivity contribution is 0.300.